The number of nitrogens with zero attached hydrogens (tertiary/aromatic N) is 3. The average Bonchev–Trinajstić information content (AvgIpc) is 3.25. The van der Waals surface area contributed by atoms with Gasteiger partial charge in [0.2, 0.25) is 15.9 Å². The lowest BCUT2D eigenvalue weighted by Crippen LogP contribution is -2.29. The molecule has 0 amide bonds. The number of methoxy groups -OCH3 is 2. The highest BCUT2D eigenvalue weighted by Gasteiger charge is 2.20. The smallest absolute Gasteiger partial charge is 0.244 e. The number of hydrogen-bond donors (Lipinski definition) is 1. The van der Waals surface area contributed by atoms with Crippen molar-refractivity contribution in [1.29, 1.82) is 0 Å². The van der Waals surface area contributed by atoms with Crippen LogP contribution in [0.1, 0.15) is 18.7 Å². The monoisotopic (exact) mass is 422 g/mol. The van der Waals surface area contributed by atoms with Crippen LogP contribution in [0.15, 0.2) is 29.2 Å². The second-order valence-corrected chi connectivity index (χ2v) is 8.30. The van der Waals surface area contributed by atoms with Gasteiger partial charge >= 0.3 is 0 Å². The molecule has 0 atom stereocenters. The molecule has 0 saturated carbocycles. The van der Waals surface area contributed by atoms with Crippen LogP contribution in [0.4, 0.5) is 5.82 Å². The van der Waals surface area contributed by atoms with Gasteiger partial charge in [-0.1, -0.05) is 0 Å². The lowest BCUT2D eigenvalue weighted by Gasteiger charge is -2.17. The number of aryl methyl sites for hydroxylation is 1. The highest BCUT2D eigenvalue weighted by atomic mass is 32.2. The molecule has 1 saturated heterocycles. The van der Waals surface area contributed by atoms with Gasteiger partial charge in [0.1, 0.15) is 34.6 Å². The van der Waals surface area contributed by atoms with E-state index in [1.165, 1.54) is 20.3 Å². The van der Waals surface area contributed by atoms with Crippen molar-refractivity contribution in [1.82, 2.24) is 14.7 Å². The molecule has 0 aliphatic carbocycles. The van der Waals surface area contributed by atoms with Gasteiger partial charge in [-0.3, -0.25) is 0 Å². The summed E-state index contributed by atoms with van der Waals surface area (Å²) in [6.45, 7) is 3.95. The molecule has 0 bridgehead atoms. The summed E-state index contributed by atoms with van der Waals surface area (Å²) in [5, 5.41) is 0. The van der Waals surface area contributed by atoms with Crippen molar-refractivity contribution in [2.24, 2.45) is 0 Å². The average molecular weight is 423 g/mol. The number of rotatable bonds is 9. The molecule has 0 spiro atoms. The molecule has 1 fully saturated rings. The number of nitrogens with one attached hydrogen (secondary N) is 1. The van der Waals surface area contributed by atoms with Gasteiger partial charge in [0, 0.05) is 31.8 Å². The van der Waals surface area contributed by atoms with Gasteiger partial charge in [-0.25, -0.2) is 18.1 Å². The number of hydrogen-bond acceptors (Lipinski definition) is 8. The van der Waals surface area contributed by atoms with Crippen molar-refractivity contribution in [3.05, 3.63) is 30.1 Å². The van der Waals surface area contributed by atoms with Crippen molar-refractivity contribution < 1.29 is 22.6 Å². The van der Waals surface area contributed by atoms with E-state index < -0.39 is 10.0 Å². The molecule has 1 aromatic heterocycles. The fourth-order valence-corrected chi connectivity index (χ4v) is 4.31. The summed E-state index contributed by atoms with van der Waals surface area (Å²) in [5.74, 6) is 2.55. The largest absolute Gasteiger partial charge is 0.497 e. The zero-order chi connectivity index (χ0) is 20.9. The summed E-state index contributed by atoms with van der Waals surface area (Å²) in [6.07, 6.45) is 2.30. The van der Waals surface area contributed by atoms with Crippen LogP contribution in [0.2, 0.25) is 0 Å². The summed E-state index contributed by atoms with van der Waals surface area (Å²) in [5.41, 5.74) is 0. The molecule has 1 N–H and O–H groups in total. The third kappa shape index (κ3) is 5.27. The molecule has 2 heterocycles. The van der Waals surface area contributed by atoms with Crippen LogP contribution in [0.5, 0.6) is 17.4 Å². The van der Waals surface area contributed by atoms with E-state index in [-0.39, 0.29) is 23.8 Å². The van der Waals surface area contributed by atoms with Crippen LogP contribution in [-0.2, 0) is 10.0 Å². The normalized spacial score (nSPS) is 14.1. The lowest BCUT2D eigenvalue weighted by atomic mass is 10.3. The Hall–Kier alpha value is -2.59. The van der Waals surface area contributed by atoms with Gasteiger partial charge in [0.15, 0.2) is 0 Å². The molecule has 158 valence electrons. The Balaban J connectivity index is 1.61. The fourth-order valence-electron chi connectivity index (χ4n) is 3.11. The lowest BCUT2D eigenvalue weighted by molar-refractivity contribution is 0.309. The van der Waals surface area contributed by atoms with E-state index in [9.17, 15) is 8.42 Å². The van der Waals surface area contributed by atoms with Crippen LogP contribution in [0.25, 0.3) is 0 Å². The van der Waals surface area contributed by atoms with Crippen LogP contribution in [-0.4, -0.2) is 58.8 Å². The summed E-state index contributed by atoms with van der Waals surface area (Å²) >= 11 is 0. The minimum absolute atomic E-state index is 0.00792. The SMILES string of the molecule is COc1ccc(OC)c(S(=O)(=O)NCCOc2cc(N3CCCC3)nc(C)n2)c1. The minimum Gasteiger partial charge on any atom is -0.497 e. The van der Waals surface area contributed by atoms with Gasteiger partial charge in [-0.2, -0.15) is 4.98 Å². The molecular formula is C19H26N4O5S. The molecular weight excluding hydrogens is 396 g/mol. The predicted octanol–water partition coefficient (Wildman–Crippen LogP) is 1.76. The Morgan fingerprint density at radius 1 is 1.10 bits per heavy atom. The van der Waals surface area contributed by atoms with Gasteiger partial charge in [0.25, 0.3) is 0 Å². The van der Waals surface area contributed by atoms with E-state index in [2.05, 4.69) is 19.6 Å². The van der Waals surface area contributed by atoms with Crippen molar-refractivity contribution in [2.75, 3.05) is 45.4 Å². The Bertz CT molecular complexity index is 946. The van der Waals surface area contributed by atoms with Crippen LogP contribution in [0, 0.1) is 6.92 Å². The molecule has 10 heteroatoms. The highest BCUT2D eigenvalue weighted by Crippen LogP contribution is 2.28. The molecule has 1 aromatic carbocycles. The zero-order valence-electron chi connectivity index (χ0n) is 16.8. The summed E-state index contributed by atoms with van der Waals surface area (Å²) in [4.78, 5) is 10.9. The number of sulfonamides is 1. The van der Waals surface area contributed by atoms with E-state index in [1.807, 2.05) is 6.92 Å². The molecule has 29 heavy (non-hydrogen) atoms. The molecule has 1 aliphatic heterocycles. The summed E-state index contributed by atoms with van der Waals surface area (Å²) < 4.78 is 43.7. The Kier molecular flexibility index (Phi) is 6.75. The van der Waals surface area contributed by atoms with Gasteiger partial charge < -0.3 is 19.1 Å². The fraction of sp³-hybridized carbons (Fsp3) is 0.474. The van der Waals surface area contributed by atoms with E-state index in [0.717, 1.165) is 31.7 Å². The van der Waals surface area contributed by atoms with E-state index in [1.54, 1.807) is 18.2 Å². The third-order valence-electron chi connectivity index (χ3n) is 4.54. The first kappa shape index (κ1) is 21.1. The maximum atomic E-state index is 12.6. The van der Waals surface area contributed by atoms with E-state index in [0.29, 0.717) is 17.5 Å². The van der Waals surface area contributed by atoms with Gasteiger partial charge in [-0.05, 0) is 31.9 Å². The molecule has 2 aromatic rings. The third-order valence-corrected chi connectivity index (χ3v) is 6.02. The Morgan fingerprint density at radius 2 is 1.86 bits per heavy atom. The zero-order valence-corrected chi connectivity index (χ0v) is 17.7. The highest BCUT2D eigenvalue weighted by molar-refractivity contribution is 7.89. The van der Waals surface area contributed by atoms with Crippen LogP contribution < -0.4 is 23.8 Å². The number of ether oxygens (including phenoxy) is 3. The number of benzene rings is 1. The number of anilines is 1. The quantitative estimate of drug-likeness (QED) is 0.610. The molecule has 0 radical (unpaired) electrons. The summed E-state index contributed by atoms with van der Waals surface area (Å²) in [7, 11) is -0.908. The van der Waals surface area contributed by atoms with Gasteiger partial charge in [0.05, 0.1) is 14.2 Å². The van der Waals surface area contributed by atoms with E-state index in [4.69, 9.17) is 14.2 Å². The predicted molar refractivity (Wildman–Crippen MR) is 108 cm³/mol. The van der Waals surface area contributed by atoms with E-state index >= 15 is 0 Å². The number of aromatic nitrogens is 2. The second kappa shape index (κ2) is 9.27. The van der Waals surface area contributed by atoms with Crippen LogP contribution >= 0.6 is 0 Å². The molecule has 9 nitrogen and oxygen atoms in total. The van der Waals surface area contributed by atoms with Crippen molar-refractivity contribution in [3.8, 4) is 17.4 Å². The van der Waals surface area contributed by atoms with Crippen molar-refractivity contribution in [3.63, 3.8) is 0 Å². The molecule has 3 rings (SSSR count). The molecule has 0 unspecified atom stereocenters. The first-order chi connectivity index (χ1) is 13.9. The molecule has 1 aliphatic rings. The first-order valence-corrected chi connectivity index (χ1v) is 10.9. The second-order valence-electron chi connectivity index (χ2n) is 6.57. The van der Waals surface area contributed by atoms with Crippen LogP contribution in [0.3, 0.4) is 0 Å². The maximum absolute atomic E-state index is 12.6. The van der Waals surface area contributed by atoms with Gasteiger partial charge in [-0.15, -0.1) is 0 Å². The Morgan fingerprint density at radius 3 is 2.55 bits per heavy atom. The standard InChI is InChI=1S/C19H26N4O5S/c1-14-21-18(23-9-4-5-10-23)13-19(22-14)28-11-8-20-29(24,25)17-12-15(26-2)6-7-16(17)27-3/h6-7,12-13,20H,4-5,8-11H2,1-3H3. The summed E-state index contributed by atoms with van der Waals surface area (Å²) in [6, 6.07) is 6.39. The first-order valence-electron chi connectivity index (χ1n) is 9.38. The topological polar surface area (TPSA) is 103 Å². The Labute approximate surface area is 171 Å². The minimum atomic E-state index is -3.80. The van der Waals surface area contributed by atoms with Crippen molar-refractivity contribution >= 4 is 15.8 Å². The van der Waals surface area contributed by atoms with Crippen molar-refractivity contribution in [2.45, 2.75) is 24.7 Å². The maximum Gasteiger partial charge on any atom is 0.244 e.